The van der Waals surface area contributed by atoms with Gasteiger partial charge in [-0.25, -0.2) is 0 Å². The Morgan fingerprint density at radius 3 is 2.58 bits per heavy atom. The number of nitrogens with one attached hydrogen (secondary N) is 1. The van der Waals surface area contributed by atoms with Crippen LogP contribution < -0.4 is 5.32 Å². The first-order valence-corrected chi connectivity index (χ1v) is 5.24. The van der Waals surface area contributed by atoms with Crippen LogP contribution in [0.25, 0.3) is 0 Å². The third-order valence-corrected chi connectivity index (χ3v) is 2.66. The number of carbonyl (C=O) groups excluding carboxylic acids is 1. The molecule has 4 heteroatoms. The van der Waals surface area contributed by atoms with Gasteiger partial charge in [-0.1, -0.05) is 6.92 Å². The number of carbonyl (C=O) groups is 1. The molecule has 0 aromatic rings. The zero-order valence-corrected chi connectivity index (χ0v) is 8.90. The molecule has 2 atom stereocenters. The lowest BCUT2D eigenvalue weighted by molar-refractivity contribution is -0.129. The number of thioether (sulfide) groups is 1. The molecule has 12 heavy (non-hydrogen) atoms. The maximum absolute atomic E-state index is 11.1. The lowest BCUT2D eigenvalue weighted by Gasteiger charge is -2.12. The fourth-order valence-electron chi connectivity index (χ4n) is 0.578. The van der Waals surface area contributed by atoms with Gasteiger partial charge in [-0.3, -0.25) is 4.79 Å². The molecule has 0 aromatic carbocycles. The molecule has 1 amide bonds. The molecule has 0 aliphatic carbocycles. The maximum Gasteiger partial charge on any atom is 0.248 e. The quantitative estimate of drug-likeness (QED) is 0.701. The summed E-state index contributed by atoms with van der Waals surface area (Å²) >= 11 is 1.73. The van der Waals surface area contributed by atoms with E-state index in [0.29, 0.717) is 11.8 Å². The van der Waals surface area contributed by atoms with Gasteiger partial charge in [0, 0.05) is 18.9 Å². The van der Waals surface area contributed by atoms with Crippen molar-refractivity contribution in [2.45, 2.75) is 25.2 Å². The number of hydrogen-bond acceptors (Lipinski definition) is 3. The van der Waals surface area contributed by atoms with E-state index in [1.807, 2.05) is 6.26 Å². The fraction of sp³-hybridized carbons (Fsp3) is 0.875. The Morgan fingerprint density at radius 2 is 2.17 bits per heavy atom. The second kappa shape index (κ2) is 6.31. The van der Waals surface area contributed by atoms with Crippen molar-refractivity contribution >= 4 is 17.7 Å². The van der Waals surface area contributed by atoms with Crippen LogP contribution in [0, 0.1) is 0 Å². The van der Waals surface area contributed by atoms with Gasteiger partial charge in [0.1, 0.15) is 6.10 Å². The average Bonchev–Trinajstić information content (AvgIpc) is 2.11. The van der Waals surface area contributed by atoms with Crippen LogP contribution in [-0.4, -0.2) is 37.2 Å². The van der Waals surface area contributed by atoms with Gasteiger partial charge in [-0.05, 0) is 13.2 Å². The van der Waals surface area contributed by atoms with Gasteiger partial charge in [0.25, 0.3) is 0 Å². The van der Waals surface area contributed by atoms with Crippen LogP contribution in [0.3, 0.4) is 0 Å². The van der Waals surface area contributed by atoms with Gasteiger partial charge >= 0.3 is 0 Å². The molecule has 0 rings (SSSR count). The molecule has 72 valence electrons. The predicted octanol–water partition coefficient (Wildman–Crippen LogP) is 0.889. The smallest absolute Gasteiger partial charge is 0.248 e. The van der Waals surface area contributed by atoms with E-state index in [9.17, 15) is 4.79 Å². The Hall–Kier alpha value is -0.220. The van der Waals surface area contributed by atoms with Crippen molar-refractivity contribution in [1.82, 2.24) is 5.32 Å². The molecule has 0 saturated heterocycles. The third-order valence-electron chi connectivity index (χ3n) is 1.69. The summed E-state index contributed by atoms with van der Waals surface area (Å²) in [5, 5.41) is 3.26. The van der Waals surface area contributed by atoms with E-state index < -0.39 is 0 Å². The highest BCUT2D eigenvalue weighted by molar-refractivity contribution is 7.99. The molecule has 0 radical (unpaired) electrons. The van der Waals surface area contributed by atoms with Crippen molar-refractivity contribution in [3.8, 4) is 0 Å². The van der Waals surface area contributed by atoms with Crippen molar-refractivity contribution in [2.75, 3.05) is 19.9 Å². The topological polar surface area (TPSA) is 38.3 Å². The van der Waals surface area contributed by atoms with E-state index in [2.05, 4.69) is 12.2 Å². The largest absolute Gasteiger partial charge is 0.372 e. The van der Waals surface area contributed by atoms with E-state index in [1.165, 1.54) is 7.11 Å². The van der Waals surface area contributed by atoms with E-state index in [0.717, 1.165) is 0 Å². The monoisotopic (exact) mass is 191 g/mol. The number of hydrogen-bond donors (Lipinski definition) is 1. The lowest BCUT2D eigenvalue weighted by atomic mass is 10.3. The van der Waals surface area contributed by atoms with Crippen LogP contribution in [0.15, 0.2) is 0 Å². The number of amides is 1. The van der Waals surface area contributed by atoms with E-state index in [-0.39, 0.29) is 12.0 Å². The normalized spacial score (nSPS) is 15.3. The maximum atomic E-state index is 11.1. The van der Waals surface area contributed by atoms with Gasteiger partial charge in [-0.2, -0.15) is 11.8 Å². The zero-order valence-electron chi connectivity index (χ0n) is 8.09. The SMILES string of the molecule is COC(C)C(=O)NCC(C)SC. The summed E-state index contributed by atoms with van der Waals surface area (Å²) in [5.41, 5.74) is 0. The molecule has 3 nitrogen and oxygen atoms in total. The van der Waals surface area contributed by atoms with Crippen LogP contribution in [0.1, 0.15) is 13.8 Å². The van der Waals surface area contributed by atoms with Gasteiger partial charge in [-0.15, -0.1) is 0 Å². The van der Waals surface area contributed by atoms with Crippen molar-refractivity contribution in [3.63, 3.8) is 0 Å². The molecule has 0 saturated carbocycles. The number of methoxy groups -OCH3 is 1. The summed E-state index contributed by atoms with van der Waals surface area (Å²) in [5.74, 6) is -0.0431. The highest BCUT2D eigenvalue weighted by Crippen LogP contribution is 2.02. The van der Waals surface area contributed by atoms with E-state index in [1.54, 1.807) is 18.7 Å². The molecule has 0 aliphatic heterocycles. The molecule has 0 aliphatic rings. The minimum atomic E-state index is -0.348. The van der Waals surface area contributed by atoms with E-state index >= 15 is 0 Å². The first-order valence-electron chi connectivity index (χ1n) is 3.95. The molecule has 0 spiro atoms. The van der Waals surface area contributed by atoms with Crippen molar-refractivity contribution in [3.05, 3.63) is 0 Å². The van der Waals surface area contributed by atoms with Crippen LogP contribution in [0.4, 0.5) is 0 Å². The van der Waals surface area contributed by atoms with Crippen LogP contribution >= 0.6 is 11.8 Å². The molecule has 2 unspecified atom stereocenters. The zero-order chi connectivity index (χ0) is 9.56. The summed E-state index contributed by atoms with van der Waals surface area (Å²) in [7, 11) is 1.53. The van der Waals surface area contributed by atoms with Crippen LogP contribution in [-0.2, 0) is 9.53 Å². The van der Waals surface area contributed by atoms with Gasteiger partial charge in [0.05, 0.1) is 0 Å². The first kappa shape index (κ1) is 11.8. The first-order chi connectivity index (χ1) is 5.61. The van der Waals surface area contributed by atoms with Gasteiger partial charge in [0.2, 0.25) is 5.91 Å². The molecule has 0 aromatic heterocycles. The third kappa shape index (κ3) is 4.62. The molecular formula is C8H17NO2S. The Kier molecular flexibility index (Phi) is 6.20. The van der Waals surface area contributed by atoms with Crippen molar-refractivity contribution < 1.29 is 9.53 Å². The molecule has 0 fully saturated rings. The average molecular weight is 191 g/mol. The molecule has 0 bridgehead atoms. The Balaban J connectivity index is 3.56. The highest BCUT2D eigenvalue weighted by Gasteiger charge is 2.11. The summed E-state index contributed by atoms with van der Waals surface area (Å²) in [6.07, 6.45) is 1.68. The highest BCUT2D eigenvalue weighted by atomic mass is 32.2. The number of ether oxygens (including phenoxy) is 1. The van der Waals surface area contributed by atoms with Crippen molar-refractivity contribution in [1.29, 1.82) is 0 Å². The summed E-state index contributed by atoms with van der Waals surface area (Å²) < 4.78 is 4.86. The molecular weight excluding hydrogens is 174 g/mol. The Morgan fingerprint density at radius 1 is 1.58 bits per heavy atom. The fourth-order valence-corrected chi connectivity index (χ4v) is 0.828. The minimum Gasteiger partial charge on any atom is -0.372 e. The standard InChI is InChI=1S/C8H17NO2S/c1-6(12-4)5-9-8(10)7(2)11-3/h6-7H,5H2,1-4H3,(H,9,10). The lowest BCUT2D eigenvalue weighted by Crippen LogP contribution is -2.37. The number of rotatable bonds is 5. The Labute approximate surface area is 78.2 Å². The van der Waals surface area contributed by atoms with Gasteiger partial charge < -0.3 is 10.1 Å². The molecule has 0 heterocycles. The van der Waals surface area contributed by atoms with Crippen LogP contribution in [0.5, 0.6) is 0 Å². The van der Waals surface area contributed by atoms with Crippen LogP contribution in [0.2, 0.25) is 0 Å². The second-order valence-electron chi connectivity index (χ2n) is 2.67. The minimum absolute atomic E-state index is 0.0431. The van der Waals surface area contributed by atoms with E-state index in [4.69, 9.17) is 4.74 Å². The van der Waals surface area contributed by atoms with Gasteiger partial charge in [0.15, 0.2) is 0 Å². The molecule has 1 N–H and O–H groups in total. The Bertz CT molecular complexity index is 141. The summed E-state index contributed by atoms with van der Waals surface area (Å²) in [4.78, 5) is 11.1. The second-order valence-corrected chi connectivity index (χ2v) is 3.95. The predicted molar refractivity (Wildman–Crippen MR) is 52.5 cm³/mol. The van der Waals surface area contributed by atoms with Crippen molar-refractivity contribution in [2.24, 2.45) is 0 Å². The summed E-state index contributed by atoms with van der Waals surface area (Å²) in [6, 6.07) is 0. The summed E-state index contributed by atoms with van der Waals surface area (Å²) in [6.45, 7) is 4.51.